The zero-order chi connectivity index (χ0) is 14.0. The number of amides is 1. The summed E-state index contributed by atoms with van der Waals surface area (Å²) < 4.78 is 5.27. The van der Waals surface area contributed by atoms with Crippen molar-refractivity contribution in [3.63, 3.8) is 0 Å². The van der Waals surface area contributed by atoms with Crippen LogP contribution in [0.4, 0.5) is 10.6 Å². The van der Waals surface area contributed by atoms with Crippen LogP contribution >= 0.6 is 11.6 Å². The van der Waals surface area contributed by atoms with E-state index in [0.29, 0.717) is 24.1 Å². The molecule has 1 saturated heterocycles. The van der Waals surface area contributed by atoms with E-state index in [2.05, 4.69) is 15.3 Å². The van der Waals surface area contributed by atoms with Gasteiger partial charge in [0.15, 0.2) is 11.0 Å². The van der Waals surface area contributed by atoms with Gasteiger partial charge in [0.05, 0.1) is 6.04 Å². The molecule has 7 heteroatoms. The molecule has 1 aliphatic heterocycles. The predicted octanol–water partition coefficient (Wildman–Crippen LogP) is 2.16. The monoisotopic (exact) mass is 284 g/mol. The molecule has 19 heavy (non-hydrogen) atoms. The Balaban J connectivity index is 1.81. The second-order valence-corrected chi connectivity index (χ2v) is 5.78. The van der Waals surface area contributed by atoms with Crippen LogP contribution < -0.4 is 5.32 Å². The number of likely N-dealkylation sites (tertiary alicyclic amines) is 1. The second-order valence-electron chi connectivity index (χ2n) is 5.42. The molecule has 6 nitrogen and oxygen atoms in total. The van der Waals surface area contributed by atoms with Gasteiger partial charge in [0.1, 0.15) is 5.60 Å². The lowest BCUT2D eigenvalue weighted by Gasteiger charge is -2.40. The average molecular weight is 285 g/mol. The maximum absolute atomic E-state index is 11.7. The highest BCUT2D eigenvalue weighted by Crippen LogP contribution is 2.20. The first-order valence-corrected chi connectivity index (χ1v) is 6.44. The van der Waals surface area contributed by atoms with Crippen LogP contribution in [0, 0.1) is 0 Å². The molecule has 0 bridgehead atoms. The van der Waals surface area contributed by atoms with Gasteiger partial charge in [-0.3, -0.25) is 0 Å². The van der Waals surface area contributed by atoms with Gasteiger partial charge in [0.25, 0.3) is 0 Å². The summed E-state index contributed by atoms with van der Waals surface area (Å²) in [7, 11) is 0. The number of carbonyl (C=O) groups is 1. The first kappa shape index (κ1) is 13.9. The number of aromatic nitrogens is 2. The molecule has 0 atom stereocenters. The van der Waals surface area contributed by atoms with Gasteiger partial charge in [-0.1, -0.05) is 11.6 Å². The SMILES string of the molecule is CC(C)(C)OC(=O)N1CC(Nc2nccnc2Cl)C1. The minimum atomic E-state index is -0.468. The Hall–Kier alpha value is -1.56. The van der Waals surface area contributed by atoms with E-state index in [9.17, 15) is 4.79 Å². The summed E-state index contributed by atoms with van der Waals surface area (Å²) in [5.41, 5.74) is -0.468. The number of rotatable bonds is 2. The van der Waals surface area contributed by atoms with E-state index in [1.165, 1.54) is 6.20 Å². The van der Waals surface area contributed by atoms with Crippen LogP contribution in [0.3, 0.4) is 0 Å². The van der Waals surface area contributed by atoms with Crippen molar-refractivity contribution in [3.8, 4) is 0 Å². The lowest BCUT2D eigenvalue weighted by atomic mass is 10.1. The Morgan fingerprint density at radius 3 is 2.63 bits per heavy atom. The van der Waals surface area contributed by atoms with Crippen LogP contribution in [-0.2, 0) is 4.74 Å². The van der Waals surface area contributed by atoms with E-state index in [0.717, 1.165) is 0 Å². The average Bonchev–Trinajstić information content (AvgIpc) is 2.22. The molecule has 0 unspecified atom stereocenters. The van der Waals surface area contributed by atoms with Crippen molar-refractivity contribution in [2.24, 2.45) is 0 Å². The van der Waals surface area contributed by atoms with Gasteiger partial charge in [0, 0.05) is 25.5 Å². The molecule has 104 valence electrons. The van der Waals surface area contributed by atoms with E-state index in [4.69, 9.17) is 16.3 Å². The molecule has 2 rings (SSSR count). The summed E-state index contributed by atoms with van der Waals surface area (Å²) >= 11 is 5.89. The van der Waals surface area contributed by atoms with Gasteiger partial charge in [-0.05, 0) is 20.8 Å². The van der Waals surface area contributed by atoms with E-state index in [1.807, 2.05) is 20.8 Å². The van der Waals surface area contributed by atoms with Crippen molar-refractivity contribution < 1.29 is 9.53 Å². The van der Waals surface area contributed by atoms with Gasteiger partial charge in [-0.15, -0.1) is 0 Å². The zero-order valence-corrected chi connectivity index (χ0v) is 11.9. The van der Waals surface area contributed by atoms with E-state index in [-0.39, 0.29) is 12.1 Å². The number of ether oxygens (including phenoxy) is 1. The predicted molar refractivity (Wildman–Crippen MR) is 72.3 cm³/mol. The maximum Gasteiger partial charge on any atom is 0.410 e. The normalized spacial score (nSPS) is 15.9. The van der Waals surface area contributed by atoms with Crippen LogP contribution in [0.5, 0.6) is 0 Å². The quantitative estimate of drug-likeness (QED) is 0.901. The fourth-order valence-corrected chi connectivity index (χ4v) is 1.82. The number of hydrogen-bond acceptors (Lipinski definition) is 5. The van der Waals surface area contributed by atoms with Crippen molar-refractivity contribution in [2.75, 3.05) is 18.4 Å². The molecule has 1 N–H and O–H groups in total. The van der Waals surface area contributed by atoms with Gasteiger partial charge in [-0.2, -0.15) is 0 Å². The van der Waals surface area contributed by atoms with Crippen molar-refractivity contribution in [2.45, 2.75) is 32.4 Å². The highest BCUT2D eigenvalue weighted by atomic mass is 35.5. The smallest absolute Gasteiger partial charge is 0.410 e. The third-order valence-electron chi connectivity index (χ3n) is 2.53. The van der Waals surface area contributed by atoms with Gasteiger partial charge in [0.2, 0.25) is 0 Å². The van der Waals surface area contributed by atoms with Gasteiger partial charge >= 0.3 is 6.09 Å². The third kappa shape index (κ3) is 3.70. The largest absolute Gasteiger partial charge is 0.444 e. The molecular weight excluding hydrogens is 268 g/mol. The van der Waals surface area contributed by atoms with Crippen LogP contribution in [0.2, 0.25) is 5.15 Å². The summed E-state index contributed by atoms with van der Waals surface area (Å²) in [6.45, 7) is 6.68. The van der Waals surface area contributed by atoms with Crippen molar-refractivity contribution in [3.05, 3.63) is 17.5 Å². The van der Waals surface area contributed by atoms with Crippen molar-refractivity contribution >= 4 is 23.5 Å². The maximum atomic E-state index is 11.7. The molecule has 1 fully saturated rings. The molecule has 0 saturated carbocycles. The Bertz CT molecular complexity index is 469. The molecule has 0 spiro atoms. The fourth-order valence-electron chi connectivity index (χ4n) is 1.66. The molecule has 0 aromatic carbocycles. The Morgan fingerprint density at radius 1 is 1.42 bits per heavy atom. The highest BCUT2D eigenvalue weighted by molar-refractivity contribution is 6.31. The standard InChI is InChI=1S/C12H17ClN4O2/c1-12(2,3)19-11(18)17-6-8(7-17)16-10-9(13)14-4-5-15-10/h4-5,8H,6-7H2,1-3H3,(H,15,16). The van der Waals surface area contributed by atoms with Crippen molar-refractivity contribution in [1.29, 1.82) is 0 Å². The number of carbonyl (C=O) groups excluding carboxylic acids is 1. The summed E-state index contributed by atoms with van der Waals surface area (Å²) in [4.78, 5) is 21.4. The summed E-state index contributed by atoms with van der Waals surface area (Å²) in [6.07, 6.45) is 2.80. The zero-order valence-electron chi connectivity index (χ0n) is 11.2. The van der Waals surface area contributed by atoms with Gasteiger partial charge in [-0.25, -0.2) is 14.8 Å². The summed E-state index contributed by atoms with van der Waals surface area (Å²) in [5.74, 6) is 0.540. The molecule has 1 aliphatic rings. The van der Waals surface area contributed by atoms with Crippen LogP contribution in [0.15, 0.2) is 12.4 Å². The number of anilines is 1. The van der Waals surface area contributed by atoms with E-state index >= 15 is 0 Å². The Labute approximate surface area is 117 Å². The lowest BCUT2D eigenvalue weighted by molar-refractivity contribution is 0.0104. The second kappa shape index (κ2) is 5.21. The van der Waals surface area contributed by atoms with Crippen LogP contribution in [0.25, 0.3) is 0 Å². The first-order chi connectivity index (χ1) is 8.85. The minimum absolute atomic E-state index is 0.127. The van der Waals surface area contributed by atoms with Crippen LogP contribution in [0.1, 0.15) is 20.8 Å². The number of nitrogens with one attached hydrogen (secondary N) is 1. The topological polar surface area (TPSA) is 67.3 Å². The Kier molecular flexibility index (Phi) is 3.80. The Morgan fingerprint density at radius 2 is 2.05 bits per heavy atom. The molecule has 1 aromatic heterocycles. The summed E-state index contributed by atoms with van der Waals surface area (Å²) in [6, 6.07) is 0.127. The molecule has 0 radical (unpaired) electrons. The molecule has 1 amide bonds. The highest BCUT2D eigenvalue weighted by Gasteiger charge is 2.34. The number of nitrogens with zero attached hydrogens (tertiary/aromatic N) is 3. The molecule has 0 aliphatic carbocycles. The number of hydrogen-bond donors (Lipinski definition) is 1. The molecular formula is C12H17ClN4O2. The van der Waals surface area contributed by atoms with Crippen molar-refractivity contribution in [1.82, 2.24) is 14.9 Å². The van der Waals surface area contributed by atoms with Crippen LogP contribution in [-0.4, -0.2) is 45.7 Å². The minimum Gasteiger partial charge on any atom is -0.444 e. The van der Waals surface area contributed by atoms with E-state index in [1.54, 1.807) is 11.1 Å². The van der Waals surface area contributed by atoms with E-state index < -0.39 is 5.60 Å². The summed E-state index contributed by atoms with van der Waals surface area (Å²) in [5, 5.41) is 3.47. The lowest BCUT2D eigenvalue weighted by Crippen LogP contribution is -2.58. The van der Waals surface area contributed by atoms with Gasteiger partial charge < -0.3 is 15.0 Å². The molecule has 2 heterocycles. The first-order valence-electron chi connectivity index (χ1n) is 6.06. The third-order valence-corrected chi connectivity index (χ3v) is 2.80. The fraction of sp³-hybridized carbons (Fsp3) is 0.583. The molecule has 1 aromatic rings. The number of halogens is 1.